The molecule has 1 amide bonds. The highest BCUT2D eigenvalue weighted by atomic mass is 79.9. The smallest absolute Gasteiger partial charge is 0.241 e. The Kier molecular flexibility index (Phi) is 6.47. The summed E-state index contributed by atoms with van der Waals surface area (Å²) in [5, 5.41) is 2.86. The van der Waals surface area contributed by atoms with E-state index >= 15 is 0 Å². The minimum Gasteiger partial charge on any atom is -0.348 e. The number of hydrogen-bond donors (Lipinski definition) is 1. The first-order chi connectivity index (χ1) is 12.1. The Balaban J connectivity index is 2.16. The van der Waals surface area contributed by atoms with E-state index in [-0.39, 0.29) is 18.5 Å². The molecule has 0 aliphatic carbocycles. The van der Waals surface area contributed by atoms with E-state index in [4.69, 9.17) is 0 Å². The summed E-state index contributed by atoms with van der Waals surface area (Å²) in [6, 6.07) is 12.8. The fourth-order valence-corrected chi connectivity index (χ4v) is 3.63. The van der Waals surface area contributed by atoms with Crippen molar-refractivity contribution in [2.75, 3.05) is 17.1 Å². The molecule has 140 valence electrons. The van der Waals surface area contributed by atoms with Gasteiger partial charge in [0.2, 0.25) is 15.9 Å². The lowest BCUT2D eigenvalue weighted by Gasteiger charge is -2.24. The largest absolute Gasteiger partial charge is 0.348 e. The molecule has 2 aromatic rings. The summed E-state index contributed by atoms with van der Waals surface area (Å²) in [6.07, 6.45) is 1.10. The van der Waals surface area contributed by atoms with E-state index in [1.165, 1.54) is 0 Å². The summed E-state index contributed by atoms with van der Waals surface area (Å²) >= 11 is 3.40. The lowest BCUT2D eigenvalue weighted by Crippen LogP contribution is -2.41. The zero-order valence-corrected chi connectivity index (χ0v) is 17.7. The van der Waals surface area contributed by atoms with Gasteiger partial charge >= 0.3 is 0 Å². The number of benzene rings is 2. The number of nitrogens with zero attached hydrogens (tertiary/aromatic N) is 1. The van der Waals surface area contributed by atoms with Crippen molar-refractivity contribution in [3.8, 4) is 0 Å². The van der Waals surface area contributed by atoms with Gasteiger partial charge in [-0.1, -0.05) is 45.8 Å². The van der Waals surface area contributed by atoms with Crippen LogP contribution in [0.2, 0.25) is 0 Å². The van der Waals surface area contributed by atoms with Crippen LogP contribution in [-0.4, -0.2) is 27.1 Å². The van der Waals surface area contributed by atoms with Gasteiger partial charge in [-0.2, -0.15) is 0 Å². The lowest BCUT2D eigenvalue weighted by atomic mass is 10.1. The molecule has 1 atom stereocenters. The first kappa shape index (κ1) is 20.5. The summed E-state index contributed by atoms with van der Waals surface area (Å²) in [7, 11) is -3.59. The molecule has 0 aliphatic heterocycles. The van der Waals surface area contributed by atoms with E-state index in [2.05, 4.69) is 21.2 Å². The third-order valence-electron chi connectivity index (χ3n) is 4.07. The van der Waals surface area contributed by atoms with Crippen molar-refractivity contribution in [3.05, 3.63) is 63.6 Å². The quantitative estimate of drug-likeness (QED) is 0.747. The van der Waals surface area contributed by atoms with Crippen molar-refractivity contribution in [3.63, 3.8) is 0 Å². The number of sulfonamides is 1. The molecule has 0 saturated carbocycles. The SMILES string of the molecule is Cc1ccc(C(C)NC(=O)CN(c2ccc(Br)c(C)c2)S(C)(=O)=O)cc1. The van der Waals surface area contributed by atoms with Crippen LogP contribution in [0.1, 0.15) is 29.7 Å². The molecule has 1 N–H and O–H groups in total. The first-order valence-corrected chi connectivity index (χ1v) is 10.8. The van der Waals surface area contributed by atoms with Crippen LogP contribution in [0, 0.1) is 13.8 Å². The number of amides is 1. The van der Waals surface area contributed by atoms with Gasteiger partial charge < -0.3 is 5.32 Å². The second-order valence-corrected chi connectivity index (χ2v) is 9.16. The molecular weight excluding hydrogens is 416 g/mol. The molecule has 5 nitrogen and oxygen atoms in total. The number of hydrogen-bond acceptors (Lipinski definition) is 3. The Bertz CT molecular complexity index is 896. The molecule has 2 aromatic carbocycles. The second kappa shape index (κ2) is 8.22. The van der Waals surface area contributed by atoms with Crippen LogP contribution in [0.15, 0.2) is 46.9 Å². The standard InChI is InChI=1S/C19H23BrN2O3S/c1-13-5-7-16(8-6-13)15(3)21-19(23)12-22(26(4,24)25)17-9-10-18(20)14(2)11-17/h5-11,15H,12H2,1-4H3,(H,21,23). The highest BCUT2D eigenvalue weighted by molar-refractivity contribution is 9.10. The molecule has 0 saturated heterocycles. The topological polar surface area (TPSA) is 66.5 Å². The summed E-state index contributed by atoms with van der Waals surface area (Å²) in [5.74, 6) is -0.357. The molecule has 1 unspecified atom stereocenters. The van der Waals surface area contributed by atoms with Crippen molar-refractivity contribution in [2.24, 2.45) is 0 Å². The Labute approximate surface area is 163 Å². The van der Waals surface area contributed by atoms with Gasteiger partial charge in [-0.15, -0.1) is 0 Å². The number of rotatable bonds is 6. The first-order valence-electron chi connectivity index (χ1n) is 8.17. The van der Waals surface area contributed by atoms with Gasteiger partial charge in [0.25, 0.3) is 0 Å². The van der Waals surface area contributed by atoms with E-state index in [0.29, 0.717) is 5.69 Å². The predicted octanol–water partition coefficient (Wildman–Crippen LogP) is 3.71. The average molecular weight is 439 g/mol. The van der Waals surface area contributed by atoms with Crippen LogP contribution >= 0.6 is 15.9 Å². The van der Waals surface area contributed by atoms with Gasteiger partial charge in [0.1, 0.15) is 6.54 Å². The normalized spacial score (nSPS) is 12.5. The summed E-state index contributed by atoms with van der Waals surface area (Å²) in [6.45, 7) is 5.47. The number of carbonyl (C=O) groups is 1. The average Bonchev–Trinajstić information content (AvgIpc) is 2.55. The van der Waals surface area contributed by atoms with Gasteiger partial charge in [-0.05, 0) is 50.1 Å². The zero-order chi connectivity index (χ0) is 19.5. The van der Waals surface area contributed by atoms with Crippen LogP contribution in [0.4, 0.5) is 5.69 Å². The third kappa shape index (κ3) is 5.32. The lowest BCUT2D eigenvalue weighted by molar-refractivity contribution is -0.120. The molecule has 7 heteroatoms. The number of aryl methyl sites for hydroxylation is 2. The Hall–Kier alpha value is -1.86. The monoisotopic (exact) mass is 438 g/mol. The molecule has 2 rings (SSSR count). The molecule has 0 bridgehead atoms. The Morgan fingerprint density at radius 3 is 2.31 bits per heavy atom. The molecule has 0 heterocycles. The van der Waals surface area contributed by atoms with Crippen molar-refractivity contribution in [2.45, 2.75) is 26.8 Å². The van der Waals surface area contributed by atoms with E-state index < -0.39 is 10.0 Å². The predicted molar refractivity (Wildman–Crippen MR) is 109 cm³/mol. The summed E-state index contributed by atoms with van der Waals surface area (Å²) < 4.78 is 26.4. The van der Waals surface area contributed by atoms with Crippen molar-refractivity contribution in [1.29, 1.82) is 0 Å². The van der Waals surface area contributed by atoms with Crippen LogP contribution in [-0.2, 0) is 14.8 Å². The Morgan fingerprint density at radius 2 is 1.77 bits per heavy atom. The fraction of sp³-hybridized carbons (Fsp3) is 0.316. The number of halogens is 1. The fourth-order valence-electron chi connectivity index (χ4n) is 2.54. The maximum Gasteiger partial charge on any atom is 0.241 e. The van der Waals surface area contributed by atoms with Gasteiger partial charge in [0, 0.05) is 4.47 Å². The van der Waals surface area contributed by atoms with E-state index in [0.717, 1.165) is 31.7 Å². The van der Waals surface area contributed by atoms with Crippen LogP contribution < -0.4 is 9.62 Å². The van der Waals surface area contributed by atoms with Crippen LogP contribution in [0.25, 0.3) is 0 Å². The van der Waals surface area contributed by atoms with E-state index in [9.17, 15) is 13.2 Å². The third-order valence-corrected chi connectivity index (χ3v) is 6.10. The van der Waals surface area contributed by atoms with Gasteiger partial charge in [0.05, 0.1) is 18.0 Å². The van der Waals surface area contributed by atoms with Gasteiger partial charge in [0.15, 0.2) is 0 Å². The molecule has 0 fully saturated rings. The van der Waals surface area contributed by atoms with Crippen LogP contribution in [0.5, 0.6) is 0 Å². The molecule has 0 aliphatic rings. The molecular formula is C19H23BrN2O3S. The maximum absolute atomic E-state index is 12.4. The van der Waals surface area contributed by atoms with Gasteiger partial charge in [-0.3, -0.25) is 9.10 Å². The zero-order valence-electron chi connectivity index (χ0n) is 15.3. The summed E-state index contributed by atoms with van der Waals surface area (Å²) in [5.41, 5.74) is 3.46. The van der Waals surface area contributed by atoms with E-state index in [1.807, 2.05) is 45.0 Å². The maximum atomic E-state index is 12.4. The molecule has 0 radical (unpaired) electrons. The second-order valence-electron chi connectivity index (χ2n) is 6.40. The minimum atomic E-state index is -3.59. The Morgan fingerprint density at radius 1 is 1.15 bits per heavy atom. The number of nitrogens with one attached hydrogen (secondary N) is 1. The number of carbonyl (C=O) groups excluding carboxylic acids is 1. The van der Waals surface area contributed by atoms with Crippen molar-refractivity contribution in [1.82, 2.24) is 5.32 Å². The molecule has 0 spiro atoms. The van der Waals surface area contributed by atoms with Crippen molar-refractivity contribution < 1.29 is 13.2 Å². The highest BCUT2D eigenvalue weighted by Gasteiger charge is 2.22. The van der Waals surface area contributed by atoms with Crippen LogP contribution in [0.3, 0.4) is 0 Å². The molecule has 26 heavy (non-hydrogen) atoms. The van der Waals surface area contributed by atoms with Crippen molar-refractivity contribution >= 4 is 37.5 Å². The van der Waals surface area contributed by atoms with E-state index in [1.54, 1.807) is 18.2 Å². The minimum absolute atomic E-state index is 0.212. The summed E-state index contributed by atoms with van der Waals surface area (Å²) in [4.78, 5) is 12.4. The number of anilines is 1. The highest BCUT2D eigenvalue weighted by Crippen LogP contribution is 2.24. The van der Waals surface area contributed by atoms with Gasteiger partial charge in [-0.25, -0.2) is 8.42 Å². The molecule has 0 aromatic heterocycles.